The zero-order valence-corrected chi connectivity index (χ0v) is 43.1. The summed E-state index contributed by atoms with van der Waals surface area (Å²) in [6.45, 7) is 1.65. The number of amides is 2. The molecule has 0 heterocycles. The molecule has 2 unspecified atom stereocenters. The third-order valence-corrected chi connectivity index (χ3v) is 14.2. The van der Waals surface area contributed by atoms with Gasteiger partial charge in [0.25, 0.3) is 0 Å². The van der Waals surface area contributed by atoms with Crippen molar-refractivity contribution >= 4 is 27.5 Å². The summed E-state index contributed by atoms with van der Waals surface area (Å²) in [5.74, 6) is -0.851. The number of carbonyl (C=O) groups is 2. The van der Waals surface area contributed by atoms with Crippen molar-refractivity contribution in [3.05, 3.63) is 156 Å². The van der Waals surface area contributed by atoms with Crippen molar-refractivity contribution in [2.45, 2.75) is 140 Å². The molecule has 0 spiro atoms. The zero-order chi connectivity index (χ0) is 49.8. The second-order valence-corrected chi connectivity index (χ2v) is 20.8. The lowest BCUT2D eigenvalue weighted by Crippen LogP contribution is -2.25. The number of unbranched alkanes of at least 4 members (excludes halogenated alkanes) is 18. The fourth-order valence-corrected chi connectivity index (χ4v) is 9.80. The van der Waals surface area contributed by atoms with Crippen molar-refractivity contribution in [2.24, 2.45) is 0 Å². The maximum atomic E-state index is 12.6. The van der Waals surface area contributed by atoms with E-state index in [2.05, 4.69) is 10.6 Å². The maximum Gasteiger partial charge on any atom is 0.472 e. The predicted molar refractivity (Wildman–Crippen MR) is 280 cm³/mol. The summed E-state index contributed by atoms with van der Waals surface area (Å²) in [5.41, 5.74) is 4.05. The lowest BCUT2D eigenvalue weighted by Gasteiger charge is -2.20. The van der Waals surface area contributed by atoms with Crippen LogP contribution in [0.25, 0.3) is 0 Å². The van der Waals surface area contributed by atoms with Crippen LogP contribution in [-0.2, 0) is 36.8 Å². The number of phosphoric ester groups is 2. The Labute approximate surface area is 418 Å². The highest BCUT2D eigenvalue weighted by atomic mass is 31.2. The predicted octanol–water partition coefficient (Wildman–Crippen LogP) is 13.5. The Hall–Kier alpha value is -4.22. The van der Waals surface area contributed by atoms with Gasteiger partial charge >= 0.3 is 15.6 Å². The second kappa shape index (κ2) is 35.8. The van der Waals surface area contributed by atoms with Crippen LogP contribution in [0.4, 0.5) is 0 Å². The molecule has 0 saturated carbocycles. The van der Waals surface area contributed by atoms with Crippen LogP contribution in [0.2, 0.25) is 0 Å². The average molecular weight is 1000 g/mol. The molecule has 384 valence electrons. The van der Waals surface area contributed by atoms with E-state index in [1.165, 1.54) is 12.2 Å². The Balaban J connectivity index is 0.862. The molecular formula is C56H80N2O10P2. The number of hydrogen-bond acceptors (Lipinski definition) is 8. The van der Waals surface area contributed by atoms with Gasteiger partial charge in [-0.2, -0.15) is 0 Å². The van der Waals surface area contributed by atoms with E-state index < -0.39 is 15.6 Å². The van der Waals surface area contributed by atoms with Crippen molar-refractivity contribution < 1.29 is 46.6 Å². The largest absolute Gasteiger partial charge is 0.472 e. The van der Waals surface area contributed by atoms with Gasteiger partial charge < -0.3 is 20.4 Å². The first kappa shape index (κ1) is 58.4. The van der Waals surface area contributed by atoms with Gasteiger partial charge in [0.2, 0.25) is 11.8 Å². The van der Waals surface area contributed by atoms with Crippen molar-refractivity contribution in [1.82, 2.24) is 10.6 Å². The first-order chi connectivity index (χ1) is 34.1. The van der Waals surface area contributed by atoms with Crippen LogP contribution in [-0.4, -0.2) is 61.1 Å². The Bertz CT molecular complexity index is 1870. The standard InChI is InChI=1S/C56H80N2O10P2/c59-55(57-43-29-13-9-5-1-3-7-11-15-31-45-65-69(61,62)67-47-53(49-33-21-17-22-34-49)50-35-23-18-24-36-50)41-42-56(60)58-44-30-14-10-6-2-4-8-12-16-32-46-66-70(63,64)68-48-54(51-37-25-19-26-38-51)52-39-27-20-28-40-52/h17-28,33-42,53-54H,1-16,29-32,43-48H2,(H,57,59)(H,58,60)(H,61,62)(H,63,64)/b42-41+. The van der Waals surface area contributed by atoms with Crippen molar-refractivity contribution in [3.8, 4) is 0 Å². The van der Waals surface area contributed by atoms with Gasteiger partial charge in [0.05, 0.1) is 26.4 Å². The molecule has 2 atom stereocenters. The molecular weight excluding hydrogens is 923 g/mol. The second-order valence-electron chi connectivity index (χ2n) is 17.9. The molecule has 0 fully saturated rings. The van der Waals surface area contributed by atoms with Gasteiger partial charge in [-0.1, -0.05) is 224 Å². The van der Waals surface area contributed by atoms with E-state index in [-0.39, 0.29) is 50.1 Å². The van der Waals surface area contributed by atoms with Crippen molar-refractivity contribution in [1.29, 1.82) is 0 Å². The van der Waals surface area contributed by atoms with Crippen LogP contribution in [0.1, 0.15) is 163 Å². The molecule has 4 rings (SSSR count). The van der Waals surface area contributed by atoms with Crippen molar-refractivity contribution in [3.63, 3.8) is 0 Å². The molecule has 0 saturated heterocycles. The van der Waals surface area contributed by atoms with E-state index in [1.807, 2.05) is 121 Å². The SMILES string of the molecule is O=C(/C=C/C(=O)NCCCCCCCCCCCCOP(=O)(O)OCC(c1ccccc1)c1ccccc1)NCCCCCCCCCCCCOP(=O)(O)OCC(c1ccccc1)c1ccccc1. The smallest absolute Gasteiger partial charge is 0.353 e. The first-order valence-electron chi connectivity index (χ1n) is 25.8. The summed E-state index contributed by atoms with van der Waals surface area (Å²) >= 11 is 0. The van der Waals surface area contributed by atoms with Crippen LogP contribution in [0, 0.1) is 0 Å². The van der Waals surface area contributed by atoms with Gasteiger partial charge in [-0.3, -0.25) is 27.7 Å². The van der Waals surface area contributed by atoms with E-state index in [9.17, 15) is 28.5 Å². The van der Waals surface area contributed by atoms with Crippen LogP contribution in [0.15, 0.2) is 133 Å². The Morgan fingerprint density at radius 3 is 0.900 bits per heavy atom. The Morgan fingerprint density at radius 1 is 0.386 bits per heavy atom. The van der Waals surface area contributed by atoms with Crippen molar-refractivity contribution in [2.75, 3.05) is 39.5 Å². The molecule has 0 aromatic heterocycles. The molecule has 0 bridgehead atoms. The quantitative estimate of drug-likeness (QED) is 0.0191. The van der Waals surface area contributed by atoms with E-state index >= 15 is 0 Å². The molecule has 2 amide bonds. The Morgan fingerprint density at radius 2 is 0.629 bits per heavy atom. The number of nitrogens with one attached hydrogen (secondary N) is 2. The van der Waals surface area contributed by atoms with Gasteiger partial charge in [-0.15, -0.1) is 0 Å². The van der Waals surface area contributed by atoms with Gasteiger partial charge in [0.1, 0.15) is 0 Å². The zero-order valence-electron chi connectivity index (χ0n) is 41.3. The third kappa shape index (κ3) is 26.8. The molecule has 0 radical (unpaired) electrons. The normalized spacial score (nSPS) is 13.4. The molecule has 0 aliphatic heterocycles. The molecule has 70 heavy (non-hydrogen) atoms. The highest BCUT2D eigenvalue weighted by Gasteiger charge is 2.26. The van der Waals surface area contributed by atoms with Gasteiger partial charge in [-0.25, -0.2) is 9.13 Å². The highest BCUT2D eigenvalue weighted by Crippen LogP contribution is 2.46. The van der Waals surface area contributed by atoms with Crippen LogP contribution >= 0.6 is 15.6 Å². The molecule has 12 nitrogen and oxygen atoms in total. The monoisotopic (exact) mass is 1000 g/mol. The molecule has 14 heteroatoms. The van der Waals surface area contributed by atoms with Crippen LogP contribution in [0.3, 0.4) is 0 Å². The van der Waals surface area contributed by atoms with Crippen LogP contribution in [0.5, 0.6) is 0 Å². The molecule has 4 aromatic rings. The van der Waals surface area contributed by atoms with Gasteiger partial charge in [0, 0.05) is 37.1 Å². The molecule has 4 aromatic carbocycles. The number of phosphoric acid groups is 2. The number of hydrogen-bond donors (Lipinski definition) is 4. The topological polar surface area (TPSA) is 170 Å². The van der Waals surface area contributed by atoms with E-state index in [4.69, 9.17) is 18.1 Å². The summed E-state index contributed by atoms with van der Waals surface area (Å²) in [6.07, 6.45) is 23.3. The van der Waals surface area contributed by atoms with Gasteiger partial charge in [0.15, 0.2) is 0 Å². The minimum Gasteiger partial charge on any atom is -0.353 e. The van der Waals surface area contributed by atoms with Gasteiger partial charge in [-0.05, 0) is 47.9 Å². The fourth-order valence-electron chi connectivity index (χ4n) is 8.26. The summed E-state index contributed by atoms with van der Waals surface area (Å²) in [4.78, 5) is 44.9. The summed E-state index contributed by atoms with van der Waals surface area (Å²) in [7, 11) is -8.32. The highest BCUT2D eigenvalue weighted by molar-refractivity contribution is 7.47. The molecule has 4 N–H and O–H groups in total. The average Bonchev–Trinajstić information content (AvgIpc) is 3.37. The summed E-state index contributed by atoms with van der Waals surface area (Å²) in [5, 5.41) is 5.72. The van der Waals surface area contributed by atoms with E-state index in [1.54, 1.807) is 0 Å². The third-order valence-electron chi connectivity index (χ3n) is 12.3. The van der Waals surface area contributed by atoms with E-state index in [0.29, 0.717) is 25.9 Å². The maximum absolute atomic E-state index is 12.6. The minimum atomic E-state index is -4.16. The number of rotatable bonds is 40. The molecule has 0 aliphatic rings. The summed E-state index contributed by atoms with van der Waals surface area (Å²) in [6, 6.07) is 39.3. The Kier molecular flexibility index (Phi) is 29.9. The minimum absolute atomic E-state index is 0.0505. The molecule has 0 aliphatic carbocycles. The number of carbonyl (C=O) groups excluding carboxylic acids is 2. The van der Waals surface area contributed by atoms with Crippen LogP contribution < -0.4 is 10.6 Å². The summed E-state index contributed by atoms with van der Waals surface area (Å²) < 4.78 is 46.6. The lowest BCUT2D eigenvalue weighted by molar-refractivity contribution is -0.118. The fraction of sp³-hybridized carbons (Fsp3) is 0.500. The lowest BCUT2D eigenvalue weighted by atomic mass is 9.92. The number of benzene rings is 4. The first-order valence-corrected chi connectivity index (χ1v) is 28.8. The van der Waals surface area contributed by atoms with E-state index in [0.717, 1.165) is 138 Å².